The maximum atomic E-state index is 9.26. The molecule has 1 saturated carbocycles. The van der Waals surface area contributed by atoms with E-state index in [1.807, 2.05) is 0 Å². The molecule has 0 aromatic heterocycles. The van der Waals surface area contributed by atoms with E-state index in [1.54, 1.807) is 0 Å². The van der Waals surface area contributed by atoms with E-state index in [9.17, 15) is 5.11 Å². The number of benzene rings is 1. The maximum absolute atomic E-state index is 9.26. The molecule has 0 bridgehead atoms. The normalized spacial score (nSPS) is 21.4. The second-order valence-corrected chi connectivity index (χ2v) is 6.26. The molecule has 0 spiro atoms. The van der Waals surface area contributed by atoms with Gasteiger partial charge in [0, 0.05) is 25.7 Å². The third-order valence-electron chi connectivity index (χ3n) is 4.83. The standard InChI is InChI=1S/C17H26N2O/c20-13-14-9-11-19(12-10-14)17-8-4-3-7-16(17)18-15-5-1-2-6-15/h3-4,7-8,14-15,18,20H,1-2,5-6,9-13H2. The fraction of sp³-hybridized carbons (Fsp3) is 0.647. The molecule has 3 rings (SSSR count). The largest absolute Gasteiger partial charge is 0.396 e. The number of nitrogens with one attached hydrogen (secondary N) is 1. The Morgan fingerprint density at radius 3 is 2.45 bits per heavy atom. The first-order chi connectivity index (χ1) is 9.86. The van der Waals surface area contributed by atoms with E-state index in [2.05, 4.69) is 34.5 Å². The van der Waals surface area contributed by atoms with Crippen molar-refractivity contribution in [2.45, 2.75) is 44.6 Å². The van der Waals surface area contributed by atoms with Gasteiger partial charge in [0.05, 0.1) is 11.4 Å². The van der Waals surface area contributed by atoms with Crippen LogP contribution in [0.5, 0.6) is 0 Å². The summed E-state index contributed by atoms with van der Waals surface area (Å²) < 4.78 is 0. The van der Waals surface area contributed by atoms with Crippen molar-refractivity contribution < 1.29 is 5.11 Å². The zero-order valence-electron chi connectivity index (χ0n) is 12.2. The molecular weight excluding hydrogens is 248 g/mol. The number of aliphatic hydroxyl groups excluding tert-OH is 1. The maximum Gasteiger partial charge on any atom is 0.0602 e. The van der Waals surface area contributed by atoms with Gasteiger partial charge in [-0.2, -0.15) is 0 Å². The quantitative estimate of drug-likeness (QED) is 0.884. The summed E-state index contributed by atoms with van der Waals surface area (Å²) in [6.45, 7) is 2.47. The van der Waals surface area contributed by atoms with Gasteiger partial charge in [-0.15, -0.1) is 0 Å². The number of nitrogens with zero attached hydrogens (tertiary/aromatic N) is 1. The molecule has 3 heteroatoms. The molecule has 1 aromatic carbocycles. The Morgan fingerprint density at radius 2 is 1.75 bits per heavy atom. The van der Waals surface area contributed by atoms with Gasteiger partial charge in [0.1, 0.15) is 0 Å². The highest BCUT2D eigenvalue weighted by Crippen LogP contribution is 2.32. The minimum Gasteiger partial charge on any atom is -0.396 e. The molecule has 2 fully saturated rings. The smallest absolute Gasteiger partial charge is 0.0602 e. The molecule has 0 atom stereocenters. The first-order valence-corrected chi connectivity index (χ1v) is 8.08. The van der Waals surface area contributed by atoms with Crippen LogP contribution in [-0.4, -0.2) is 30.8 Å². The van der Waals surface area contributed by atoms with Crippen LogP contribution in [0.1, 0.15) is 38.5 Å². The minimum absolute atomic E-state index is 0.343. The third kappa shape index (κ3) is 3.09. The van der Waals surface area contributed by atoms with Gasteiger partial charge < -0.3 is 15.3 Å². The van der Waals surface area contributed by atoms with E-state index in [1.165, 1.54) is 37.1 Å². The number of anilines is 2. The number of para-hydroxylation sites is 2. The predicted octanol–water partition coefficient (Wildman–Crippen LogP) is 3.25. The van der Waals surface area contributed by atoms with Gasteiger partial charge >= 0.3 is 0 Å². The summed E-state index contributed by atoms with van der Waals surface area (Å²) in [5, 5.41) is 13.0. The van der Waals surface area contributed by atoms with Gasteiger partial charge in [-0.25, -0.2) is 0 Å². The van der Waals surface area contributed by atoms with E-state index in [4.69, 9.17) is 0 Å². The molecule has 0 unspecified atom stereocenters. The van der Waals surface area contributed by atoms with Gasteiger partial charge in [0.25, 0.3) is 0 Å². The molecule has 0 amide bonds. The van der Waals surface area contributed by atoms with E-state index in [-0.39, 0.29) is 0 Å². The lowest BCUT2D eigenvalue weighted by atomic mass is 9.97. The van der Waals surface area contributed by atoms with Gasteiger partial charge in [-0.05, 0) is 43.7 Å². The summed E-state index contributed by atoms with van der Waals surface area (Å²) in [5.74, 6) is 0.501. The number of aliphatic hydroxyl groups is 1. The summed E-state index contributed by atoms with van der Waals surface area (Å²) in [5.41, 5.74) is 2.64. The Balaban J connectivity index is 1.69. The average Bonchev–Trinajstić information content (AvgIpc) is 3.01. The highest BCUT2D eigenvalue weighted by atomic mass is 16.3. The average molecular weight is 274 g/mol. The van der Waals surface area contributed by atoms with Crippen LogP contribution in [0.25, 0.3) is 0 Å². The topological polar surface area (TPSA) is 35.5 Å². The summed E-state index contributed by atoms with van der Waals surface area (Å²) in [4.78, 5) is 2.48. The molecule has 1 heterocycles. The minimum atomic E-state index is 0.343. The summed E-state index contributed by atoms with van der Waals surface area (Å²) >= 11 is 0. The van der Waals surface area contributed by atoms with Crippen molar-refractivity contribution in [1.29, 1.82) is 0 Å². The van der Waals surface area contributed by atoms with Gasteiger partial charge in [0.15, 0.2) is 0 Å². The van der Waals surface area contributed by atoms with Crippen LogP contribution in [0.2, 0.25) is 0 Å². The molecule has 3 nitrogen and oxygen atoms in total. The summed E-state index contributed by atoms with van der Waals surface area (Å²) in [6.07, 6.45) is 7.55. The van der Waals surface area contributed by atoms with E-state index >= 15 is 0 Å². The molecule has 1 aliphatic carbocycles. The highest BCUT2D eigenvalue weighted by molar-refractivity contribution is 5.70. The Bertz CT molecular complexity index is 421. The summed E-state index contributed by atoms with van der Waals surface area (Å²) in [6, 6.07) is 9.36. The van der Waals surface area contributed by atoms with Crippen molar-refractivity contribution in [1.82, 2.24) is 0 Å². The van der Waals surface area contributed by atoms with Crippen LogP contribution >= 0.6 is 0 Å². The summed E-state index contributed by atoms with van der Waals surface area (Å²) in [7, 11) is 0. The molecule has 1 saturated heterocycles. The Labute approximate surface area is 122 Å². The monoisotopic (exact) mass is 274 g/mol. The van der Waals surface area contributed by atoms with Crippen molar-refractivity contribution in [2.75, 3.05) is 29.9 Å². The third-order valence-corrected chi connectivity index (χ3v) is 4.83. The number of hydrogen-bond acceptors (Lipinski definition) is 3. The first-order valence-electron chi connectivity index (χ1n) is 8.08. The fourth-order valence-corrected chi connectivity index (χ4v) is 3.52. The highest BCUT2D eigenvalue weighted by Gasteiger charge is 2.22. The molecule has 1 aliphatic heterocycles. The lowest BCUT2D eigenvalue weighted by molar-refractivity contribution is 0.203. The zero-order chi connectivity index (χ0) is 13.8. The molecule has 2 aliphatic rings. The van der Waals surface area contributed by atoms with Crippen LogP contribution in [0.4, 0.5) is 11.4 Å². The van der Waals surface area contributed by atoms with Crippen LogP contribution in [0.3, 0.4) is 0 Å². The molecule has 110 valence electrons. The first kappa shape index (κ1) is 13.7. The lowest BCUT2D eigenvalue weighted by Gasteiger charge is -2.34. The van der Waals surface area contributed by atoms with Crippen molar-refractivity contribution >= 4 is 11.4 Å². The Morgan fingerprint density at radius 1 is 1.05 bits per heavy atom. The Hall–Kier alpha value is -1.22. The van der Waals surface area contributed by atoms with Crippen LogP contribution in [-0.2, 0) is 0 Å². The van der Waals surface area contributed by atoms with Crippen molar-refractivity contribution in [2.24, 2.45) is 5.92 Å². The van der Waals surface area contributed by atoms with Gasteiger partial charge in [0.2, 0.25) is 0 Å². The second kappa shape index (κ2) is 6.49. The molecule has 1 aromatic rings. The number of piperidine rings is 1. The fourth-order valence-electron chi connectivity index (χ4n) is 3.52. The van der Waals surface area contributed by atoms with Crippen molar-refractivity contribution in [3.05, 3.63) is 24.3 Å². The molecule has 20 heavy (non-hydrogen) atoms. The number of rotatable bonds is 4. The van der Waals surface area contributed by atoms with E-state index < -0.39 is 0 Å². The van der Waals surface area contributed by atoms with Gasteiger partial charge in [-0.3, -0.25) is 0 Å². The van der Waals surface area contributed by atoms with Crippen LogP contribution in [0, 0.1) is 5.92 Å². The van der Waals surface area contributed by atoms with Crippen molar-refractivity contribution in [3.63, 3.8) is 0 Å². The molecular formula is C17H26N2O. The Kier molecular flexibility index (Phi) is 4.46. The van der Waals surface area contributed by atoms with E-state index in [0.717, 1.165) is 25.9 Å². The van der Waals surface area contributed by atoms with E-state index in [0.29, 0.717) is 18.6 Å². The van der Waals surface area contributed by atoms with Gasteiger partial charge in [-0.1, -0.05) is 25.0 Å². The van der Waals surface area contributed by atoms with Crippen LogP contribution < -0.4 is 10.2 Å². The molecule has 0 radical (unpaired) electrons. The van der Waals surface area contributed by atoms with Crippen LogP contribution in [0.15, 0.2) is 24.3 Å². The number of hydrogen-bond donors (Lipinski definition) is 2. The lowest BCUT2D eigenvalue weighted by Crippen LogP contribution is -2.35. The van der Waals surface area contributed by atoms with Crippen molar-refractivity contribution in [3.8, 4) is 0 Å². The second-order valence-electron chi connectivity index (χ2n) is 6.26. The predicted molar refractivity (Wildman–Crippen MR) is 84.3 cm³/mol. The SMILES string of the molecule is OCC1CCN(c2ccccc2NC2CCCC2)CC1. The molecule has 2 N–H and O–H groups in total. The zero-order valence-corrected chi connectivity index (χ0v) is 12.2.